The van der Waals surface area contributed by atoms with E-state index in [-0.39, 0.29) is 0 Å². The molecule has 0 unspecified atom stereocenters. The molecule has 4 nitrogen and oxygen atoms in total. The highest BCUT2D eigenvalue weighted by atomic mass is 35.5. The topological polar surface area (TPSA) is 61.6 Å². The molecule has 0 atom stereocenters. The van der Waals surface area contributed by atoms with Crippen molar-refractivity contribution in [2.24, 2.45) is 0 Å². The summed E-state index contributed by atoms with van der Waals surface area (Å²) in [6.45, 7) is 2.60. The highest BCUT2D eigenvalue weighted by Crippen LogP contribution is 2.20. The fourth-order valence-corrected chi connectivity index (χ4v) is 2.06. The van der Waals surface area contributed by atoms with E-state index in [0.717, 1.165) is 23.4 Å². The molecule has 0 spiro atoms. The molecule has 0 saturated carbocycles. The van der Waals surface area contributed by atoms with Gasteiger partial charge in [0.25, 0.3) is 0 Å². The van der Waals surface area contributed by atoms with Crippen LogP contribution < -0.4 is 5.32 Å². The standard InChI is InChI=1S/C14H13ClN4/c1-2-12-13(15)18-9-19-14(12)17-8-11-5-3-4-10(6-11)7-16/h3-6,9H,2,8H2,1H3,(H,17,18,19). The summed E-state index contributed by atoms with van der Waals surface area (Å²) in [6, 6.07) is 9.58. The van der Waals surface area contributed by atoms with Gasteiger partial charge in [-0.1, -0.05) is 30.7 Å². The van der Waals surface area contributed by atoms with E-state index in [2.05, 4.69) is 21.4 Å². The van der Waals surface area contributed by atoms with Gasteiger partial charge in [-0.25, -0.2) is 9.97 Å². The molecule has 2 aromatic rings. The fourth-order valence-electron chi connectivity index (χ4n) is 1.79. The van der Waals surface area contributed by atoms with Gasteiger partial charge in [0, 0.05) is 12.1 Å². The van der Waals surface area contributed by atoms with Crippen LogP contribution in [0.4, 0.5) is 5.82 Å². The summed E-state index contributed by atoms with van der Waals surface area (Å²) < 4.78 is 0. The van der Waals surface area contributed by atoms with Crippen molar-refractivity contribution in [3.05, 3.63) is 52.4 Å². The molecule has 0 fully saturated rings. The lowest BCUT2D eigenvalue weighted by atomic mass is 10.1. The van der Waals surface area contributed by atoms with Crippen LogP contribution in [0.2, 0.25) is 5.15 Å². The Kier molecular flexibility index (Phi) is 4.32. The molecule has 1 aromatic heterocycles. The summed E-state index contributed by atoms with van der Waals surface area (Å²) in [5, 5.41) is 12.6. The molecule has 0 bridgehead atoms. The second kappa shape index (κ2) is 6.17. The van der Waals surface area contributed by atoms with E-state index in [1.54, 1.807) is 6.07 Å². The van der Waals surface area contributed by atoms with E-state index in [9.17, 15) is 0 Å². The summed E-state index contributed by atoms with van der Waals surface area (Å²) in [7, 11) is 0. The highest BCUT2D eigenvalue weighted by Gasteiger charge is 2.07. The van der Waals surface area contributed by atoms with Crippen molar-refractivity contribution in [3.8, 4) is 6.07 Å². The Morgan fingerprint density at radius 3 is 2.95 bits per heavy atom. The number of nitriles is 1. The first-order chi connectivity index (χ1) is 9.24. The first-order valence-electron chi connectivity index (χ1n) is 5.97. The highest BCUT2D eigenvalue weighted by molar-refractivity contribution is 6.30. The van der Waals surface area contributed by atoms with E-state index in [0.29, 0.717) is 17.3 Å². The number of hydrogen-bond acceptors (Lipinski definition) is 4. The zero-order chi connectivity index (χ0) is 13.7. The number of hydrogen-bond donors (Lipinski definition) is 1. The lowest BCUT2D eigenvalue weighted by Gasteiger charge is -2.10. The van der Waals surface area contributed by atoms with Gasteiger partial charge in [0.1, 0.15) is 17.3 Å². The number of anilines is 1. The van der Waals surface area contributed by atoms with Crippen LogP contribution in [0.3, 0.4) is 0 Å². The van der Waals surface area contributed by atoms with Gasteiger partial charge < -0.3 is 5.32 Å². The largest absolute Gasteiger partial charge is 0.366 e. The molecular formula is C14H13ClN4. The first-order valence-corrected chi connectivity index (χ1v) is 6.34. The molecule has 0 amide bonds. The lowest BCUT2D eigenvalue weighted by Crippen LogP contribution is -2.05. The van der Waals surface area contributed by atoms with E-state index >= 15 is 0 Å². The molecule has 0 radical (unpaired) electrons. The van der Waals surface area contributed by atoms with Crippen LogP contribution in [0, 0.1) is 11.3 Å². The van der Waals surface area contributed by atoms with Crippen LogP contribution in [0.25, 0.3) is 0 Å². The van der Waals surface area contributed by atoms with Crippen molar-refractivity contribution in [1.29, 1.82) is 5.26 Å². The van der Waals surface area contributed by atoms with Crippen molar-refractivity contribution in [2.45, 2.75) is 19.9 Å². The van der Waals surface area contributed by atoms with Gasteiger partial charge in [0.15, 0.2) is 0 Å². The number of benzene rings is 1. The molecule has 1 aromatic carbocycles. The van der Waals surface area contributed by atoms with Gasteiger partial charge in [-0.05, 0) is 24.1 Å². The molecule has 0 aliphatic heterocycles. The third kappa shape index (κ3) is 3.21. The molecular weight excluding hydrogens is 260 g/mol. The number of nitrogens with zero attached hydrogens (tertiary/aromatic N) is 3. The van der Waals surface area contributed by atoms with E-state index < -0.39 is 0 Å². The molecule has 0 aliphatic carbocycles. The van der Waals surface area contributed by atoms with E-state index in [1.807, 2.05) is 25.1 Å². The van der Waals surface area contributed by atoms with Gasteiger partial charge in [0.05, 0.1) is 11.6 Å². The second-order valence-electron chi connectivity index (χ2n) is 4.01. The molecule has 96 valence electrons. The average Bonchev–Trinajstić information content (AvgIpc) is 2.45. The van der Waals surface area contributed by atoms with Crippen molar-refractivity contribution in [1.82, 2.24) is 9.97 Å². The van der Waals surface area contributed by atoms with Crippen molar-refractivity contribution in [2.75, 3.05) is 5.32 Å². The maximum absolute atomic E-state index is 8.86. The van der Waals surface area contributed by atoms with Gasteiger partial charge in [-0.15, -0.1) is 0 Å². The maximum atomic E-state index is 8.86. The molecule has 5 heteroatoms. The molecule has 1 N–H and O–H groups in total. The normalized spacial score (nSPS) is 9.95. The molecule has 0 aliphatic rings. The summed E-state index contributed by atoms with van der Waals surface area (Å²) in [5.74, 6) is 0.741. The minimum absolute atomic E-state index is 0.478. The third-order valence-corrected chi connectivity index (χ3v) is 3.09. The fraction of sp³-hybridized carbons (Fsp3) is 0.214. The average molecular weight is 273 g/mol. The van der Waals surface area contributed by atoms with Crippen LogP contribution in [-0.2, 0) is 13.0 Å². The maximum Gasteiger partial charge on any atom is 0.137 e. The van der Waals surface area contributed by atoms with E-state index in [4.69, 9.17) is 16.9 Å². The van der Waals surface area contributed by atoms with Crippen LogP contribution in [0.5, 0.6) is 0 Å². The number of rotatable bonds is 4. The number of nitrogens with one attached hydrogen (secondary N) is 1. The Bertz CT molecular complexity index is 619. The lowest BCUT2D eigenvalue weighted by molar-refractivity contribution is 1.01. The summed E-state index contributed by atoms with van der Waals surface area (Å²) in [5.41, 5.74) is 2.58. The molecule has 2 rings (SSSR count). The van der Waals surface area contributed by atoms with Crippen molar-refractivity contribution >= 4 is 17.4 Å². The SMILES string of the molecule is CCc1c(Cl)ncnc1NCc1cccc(C#N)c1. The zero-order valence-corrected chi connectivity index (χ0v) is 11.3. The van der Waals surface area contributed by atoms with Crippen molar-refractivity contribution < 1.29 is 0 Å². The molecule has 0 saturated heterocycles. The monoisotopic (exact) mass is 272 g/mol. The summed E-state index contributed by atoms with van der Waals surface area (Å²) in [6.07, 6.45) is 2.20. The quantitative estimate of drug-likeness (QED) is 0.869. The summed E-state index contributed by atoms with van der Waals surface area (Å²) >= 11 is 6.02. The van der Waals surface area contributed by atoms with Gasteiger partial charge in [0.2, 0.25) is 0 Å². The summed E-state index contributed by atoms with van der Waals surface area (Å²) in [4.78, 5) is 8.16. The van der Waals surface area contributed by atoms with Crippen LogP contribution >= 0.6 is 11.6 Å². The Labute approximate surface area is 117 Å². The minimum atomic E-state index is 0.478. The second-order valence-corrected chi connectivity index (χ2v) is 4.37. The van der Waals surface area contributed by atoms with Crippen LogP contribution in [-0.4, -0.2) is 9.97 Å². The smallest absolute Gasteiger partial charge is 0.137 e. The van der Waals surface area contributed by atoms with Gasteiger partial charge in [-0.2, -0.15) is 5.26 Å². The van der Waals surface area contributed by atoms with Gasteiger partial charge in [-0.3, -0.25) is 0 Å². The Hall–Kier alpha value is -2.12. The predicted octanol–water partition coefficient (Wildman–Crippen LogP) is 3.18. The minimum Gasteiger partial charge on any atom is -0.366 e. The van der Waals surface area contributed by atoms with Crippen molar-refractivity contribution in [3.63, 3.8) is 0 Å². The van der Waals surface area contributed by atoms with Crippen LogP contribution in [0.1, 0.15) is 23.6 Å². The zero-order valence-electron chi connectivity index (χ0n) is 10.5. The third-order valence-electron chi connectivity index (χ3n) is 2.76. The Balaban J connectivity index is 2.15. The van der Waals surface area contributed by atoms with Gasteiger partial charge >= 0.3 is 0 Å². The Morgan fingerprint density at radius 2 is 2.21 bits per heavy atom. The number of aromatic nitrogens is 2. The van der Waals surface area contributed by atoms with E-state index in [1.165, 1.54) is 6.33 Å². The first kappa shape index (κ1) is 13.3. The molecule has 19 heavy (non-hydrogen) atoms. The van der Waals surface area contributed by atoms with Crippen LogP contribution in [0.15, 0.2) is 30.6 Å². The predicted molar refractivity (Wildman–Crippen MR) is 74.9 cm³/mol. The Morgan fingerprint density at radius 1 is 1.37 bits per heavy atom. The number of halogens is 1. The molecule has 1 heterocycles.